The maximum absolute atomic E-state index is 15.3. The number of amides is 1. The van der Waals surface area contributed by atoms with E-state index >= 15 is 4.79 Å². The molecule has 0 aliphatic carbocycles. The minimum atomic E-state index is -4.43. The number of nitrogens with zero attached hydrogens (tertiary/aromatic N) is 5. The van der Waals surface area contributed by atoms with E-state index in [9.17, 15) is 8.42 Å². The Morgan fingerprint density at radius 2 is 1.62 bits per heavy atom. The van der Waals surface area contributed by atoms with Gasteiger partial charge in [-0.2, -0.15) is 0 Å². The van der Waals surface area contributed by atoms with E-state index in [-0.39, 0.29) is 17.2 Å². The lowest BCUT2D eigenvalue weighted by molar-refractivity contribution is -0.126. The molecule has 9 nitrogen and oxygen atoms in total. The topological polar surface area (TPSA) is 95.9 Å². The molecular weight excluding hydrogens is 610 g/mol. The summed E-state index contributed by atoms with van der Waals surface area (Å²) in [6.07, 6.45) is 5.07. The molecule has 5 aromatic rings. The highest BCUT2D eigenvalue weighted by Crippen LogP contribution is 2.52. The molecule has 1 amide bonds. The molecule has 7 rings (SSSR count). The van der Waals surface area contributed by atoms with Gasteiger partial charge < -0.3 is 9.64 Å². The standard InChI is InChI=1S/C34H30ClN5O4S/c1-44-23-25-6-2-3-9-28(25)34(39-20-18-38(19-21-39)27-13-16-36-17-14-27)29-22-26(35)11-12-30(29)40(33(34)41)45(42,43)31-10-4-7-24-8-5-15-37-32(24)31/h2-17,22H,18-21,23H2,1H3. The van der Waals surface area contributed by atoms with Gasteiger partial charge in [-0.15, -0.1) is 0 Å². The molecule has 0 bridgehead atoms. The summed E-state index contributed by atoms with van der Waals surface area (Å²) in [5.41, 5.74) is 2.05. The number of anilines is 2. The van der Waals surface area contributed by atoms with Crippen LogP contribution in [0.25, 0.3) is 10.9 Å². The van der Waals surface area contributed by atoms with E-state index in [0.29, 0.717) is 53.2 Å². The van der Waals surface area contributed by atoms with E-state index in [1.165, 1.54) is 6.07 Å². The fourth-order valence-corrected chi connectivity index (χ4v) is 8.52. The largest absolute Gasteiger partial charge is 0.380 e. The van der Waals surface area contributed by atoms with Gasteiger partial charge in [-0.05, 0) is 53.6 Å². The van der Waals surface area contributed by atoms with Gasteiger partial charge >= 0.3 is 0 Å². The number of ether oxygens (including phenoxy) is 1. The molecule has 2 aliphatic heterocycles. The van der Waals surface area contributed by atoms with Crippen molar-refractivity contribution in [2.24, 2.45) is 0 Å². The molecule has 1 atom stereocenters. The molecule has 1 fully saturated rings. The van der Waals surface area contributed by atoms with E-state index in [1.54, 1.807) is 68.2 Å². The van der Waals surface area contributed by atoms with Gasteiger partial charge in [0.25, 0.3) is 15.9 Å². The van der Waals surface area contributed by atoms with Gasteiger partial charge in [0.15, 0.2) is 5.54 Å². The zero-order valence-corrected chi connectivity index (χ0v) is 26.1. The van der Waals surface area contributed by atoms with Crippen LogP contribution in [0.2, 0.25) is 5.02 Å². The van der Waals surface area contributed by atoms with Crippen molar-refractivity contribution in [1.82, 2.24) is 14.9 Å². The number of rotatable bonds is 7. The predicted octanol–water partition coefficient (Wildman–Crippen LogP) is 5.23. The van der Waals surface area contributed by atoms with E-state index in [4.69, 9.17) is 16.3 Å². The third-order valence-electron chi connectivity index (χ3n) is 8.66. The highest BCUT2D eigenvalue weighted by Gasteiger charge is 2.60. The van der Waals surface area contributed by atoms with Crippen LogP contribution in [0.5, 0.6) is 0 Å². The molecule has 1 unspecified atom stereocenters. The van der Waals surface area contributed by atoms with E-state index in [2.05, 4.69) is 19.8 Å². The van der Waals surface area contributed by atoms with Gasteiger partial charge in [-0.1, -0.05) is 54.1 Å². The Bertz CT molecular complexity index is 2010. The SMILES string of the molecule is COCc1ccccc1C1(N2CCN(c3ccncc3)CC2)C(=O)N(S(=O)(=O)c2cccc3cccnc23)c2ccc(Cl)cc21. The molecule has 1 saturated heterocycles. The van der Waals surface area contributed by atoms with Crippen molar-refractivity contribution in [3.63, 3.8) is 0 Å². The fraction of sp³-hybridized carbons (Fsp3) is 0.206. The van der Waals surface area contributed by atoms with Gasteiger partial charge in [0, 0.05) is 73.5 Å². The molecule has 3 aromatic carbocycles. The maximum Gasteiger partial charge on any atom is 0.273 e. The van der Waals surface area contributed by atoms with Crippen LogP contribution in [0.15, 0.2) is 108 Å². The quantitative estimate of drug-likeness (QED) is 0.239. The minimum absolute atomic E-state index is 0.0432. The predicted molar refractivity (Wildman–Crippen MR) is 174 cm³/mol. The molecule has 0 spiro atoms. The van der Waals surface area contributed by atoms with Crippen LogP contribution in [0, 0.1) is 0 Å². The lowest BCUT2D eigenvalue weighted by atomic mass is 9.79. The maximum atomic E-state index is 15.3. The second-order valence-corrected chi connectivity index (χ2v) is 13.2. The smallest absolute Gasteiger partial charge is 0.273 e. The average molecular weight is 640 g/mol. The van der Waals surface area contributed by atoms with Gasteiger partial charge in [0.2, 0.25) is 0 Å². The van der Waals surface area contributed by atoms with Crippen molar-refractivity contribution in [3.05, 3.63) is 125 Å². The summed E-state index contributed by atoms with van der Waals surface area (Å²) in [7, 11) is -2.83. The molecule has 228 valence electrons. The summed E-state index contributed by atoms with van der Waals surface area (Å²) < 4.78 is 36.0. The van der Waals surface area contributed by atoms with Crippen LogP contribution in [0.3, 0.4) is 0 Å². The van der Waals surface area contributed by atoms with Crippen molar-refractivity contribution in [1.29, 1.82) is 0 Å². The minimum Gasteiger partial charge on any atom is -0.380 e. The second-order valence-electron chi connectivity index (χ2n) is 11.0. The van der Waals surface area contributed by atoms with Crippen LogP contribution in [0.4, 0.5) is 11.4 Å². The Morgan fingerprint density at radius 1 is 0.867 bits per heavy atom. The van der Waals surface area contributed by atoms with Crippen LogP contribution >= 0.6 is 11.6 Å². The number of methoxy groups -OCH3 is 1. The van der Waals surface area contributed by atoms with Crippen molar-refractivity contribution >= 4 is 49.8 Å². The van der Waals surface area contributed by atoms with Crippen LogP contribution in [-0.4, -0.2) is 62.5 Å². The molecule has 0 saturated carbocycles. The number of hydrogen-bond donors (Lipinski definition) is 0. The summed E-state index contributed by atoms with van der Waals surface area (Å²) in [5.74, 6) is -0.589. The summed E-state index contributed by atoms with van der Waals surface area (Å²) >= 11 is 6.64. The lowest BCUT2D eigenvalue weighted by Crippen LogP contribution is -2.60. The molecule has 45 heavy (non-hydrogen) atoms. The molecule has 0 radical (unpaired) electrons. The number of carbonyl (C=O) groups is 1. The third kappa shape index (κ3) is 4.67. The average Bonchev–Trinajstić information content (AvgIpc) is 3.33. The number of carbonyl (C=O) groups excluding carboxylic acids is 1. The Labute approximate surface area is 266 Å². The van der Waals surface area contributed by atoms with Crippen molar-refractivity contribution < 1.29 is 17.9 Å². The lowest BCUT2D eigenvalue weighted by Gasteiger charge is -2.46. The molecular formula is C34H30ClN5O4S. The number of piperazine rings is 1. The number of fused-ring (bicyclic) bond motifs is 2. The Hall–Kier alpha value is -4.35. The monoisotopic (exact) mass is 639 g/mol. The first-order valence-electron chi connectivity index (χ1n) is 14.6. The number of aromatic nitrogens is 2. The van der Waals surface area contributed by atoms with Crippen LogP contribution < -0.4 is 9.21 Å². The van der Waals surface area contributed by atoms with Gasteiger partial charge in [0.1, 0.15) is 4.90 Å². The number of sulfonamides is 1. The van der Waals surface area contributed by atoms with E-state index < -0.39 is 21.5 Å². The highest BCUT2D eigenvalue weighted by atomic mass is 35.5. The molecule has 4 heterocycles. The Morgan fingerprint density at radius 3 is 2.40 bits per heavy atom. The number of pyridine rings is 2. The highest BCUT2D eigenvalue weighted by molar-refractivity contribution is 7.93. The summed E-state index contributed by atoms with van der Waals surface area (Å²) in [5, 5.41) is 1.06. The van der Waals surface area contributed by atoms with Crippen LogP contribution in [0.1, 0.15) is 16.7 Å². The second kappa shape index (κ2) is 11.5. The molecule has 2 aliphatic rings. The number of para-hydroxylation sites is 1. The normalized spacial score (nSPS) is 18.8. The number of hydrogen-bond acceptors (Lipinski definition) is 8. The van der Waals surface area contributed by atoms with Crippen molar-refractivity contribution in [3.8, 4) is 0 Å². The first-order chi connectivity index (χ1) is 21.9. The van der Waals surface area contributed by atoms with Gasteiger partial charge in [-0.25, -0.2) is 12.7 Å². The summed E-state index contributed by atoms with van der Waals surface area (Å²) in [4.78, 5) is 28.2. The van der Waals surface area contributed by atoms with Crippen molar-refractivity contribution in [2.45, 2.75) is 17.0 Å². The van der Waals surface area contributed by atoms with E-state index in [1.807, 2.05) is 36.4 Å². The first-order valence-corrected chi connectivity index (χ1v) is 16.4. The zero-order chi connectivity index (χ0) is 31.2. The third-order valence-corrected chi connectivity index (χ3v) is 10.6. The first kappa shape index (κ1) is 29.4. The number of halogens is 1. The summed E-state index contributed by atoms with van der Waals surface area (Å²) in [6, 6.07) is 25.0. The summed E-state index contributed by atoms with van der Waals surface area (Å²) in [6.45, 7) is 2.41. The van der Waals surface area contributed by atoms with Crippen molar-refractivity contribution in [2.75, 3.05) is 42.5 Å². The zero-order valence-electron chi connectivity index (χ0n) is 24.5. The van der Waals surface area contributed by atoms with E-state index in [0.717, 1.165) is 15.6 Å². The van der Waals surface area contributed by atoms with Crippen LogP contribution in [-0.2, 0) is 31.7 Å². The number of benzene rings is 3. The fourth-order valence-electron chi connectivity index (χ4n) is 6.71. The molecule has 11 heteroatoms. The molecule has 2 aromatic heterocycles. The Balaban J connectivity index is 1.44. The van der Waals surface area contributed by atoms with Gasteiger partial charge in [-0.3, -0.25) is 19.7 Å². The Kier molecular flexibility index (Phi) is 7.53. The molecule has 0 N–H and O–H groups in total. The van der Waals surface area contributed by atoms with Gasteiger partial charge in [0.05, 0.1) is 17.8 Å².